The van der Waals surface area contributed by atoms with Crippen LogP contribution in [0, 0.1) is 5.92 Å². The molecule has 2 aliphatic rings. The van der Waals surface area contributed by atoms with Crippen LogP contribution < -0.4 is 5.32 Å². The lowest BCUT2D eigenvalue weighted by molar-refractivity contribution is 0.0697. The van der Waals surface area contributed by atoms with Crippen LogP contribution in [0.1, 0.15) is 28.8 Å². The second kappa shape index (κ2) is 5.31. The van der Waals surface area contributed by atoms with Crippen molar-refractivity contribution in [1.82, 2.24) is 10.2 Å². The normalized spacial score (nSPS) is 27.2. The lowest BCUT2D eigenvalue weighted by atomic mass is 9.94. The van der Waals surface area contributed by atoms with Crippen LogP contribution in [-0.2, 0) is 6.54 Å². The van der Waals surface area contributed by atoms with Crippen molar-refractivity contribution < 1.29 is 9.90 Å². The second-order valence-corrected chi connectivity index (χ2v) is 5.66. The highest BCUT2D eigenvalue weighted by molar-refractivity contribution is 5.87. The molecule has 2 fully saturated rings. The van der Waals surface area contributed by atoms with Crippen LogP contribution in [0.5, 0.6) is 0 Å². The van der Waals surface area contributed by atoms with Gasteiger partial charge in [0, 0.05) is 25.7 Å². The van der Waals surface area contributed by atoms with Gasteiger partial charge in [0.1, 0.15) is 0 Å². The smallest absolute Gasteiger partial charge is 0.335 e. The third-order valence-corrected chi connectivity index (χ3v) is 4.28. The lowest BCUT2D eigenvalue weighted by Gasteiger charge is -2.24. The molecular weight excluding hydrogens is 240 g/mol. The molecule has 3 rings (SSSR count). The predicted molar refractivity (Wildman–Crippen MR) is 73.2 cm³/mol. The molecule has 2 atom stereocenters. The van der Waals surface area contributed by atoms with E-state index in [1.54, 1.807) is 12.1 Å². The van der Waals surface area contributed by atoms with Gasteiger partial charge in [0.2, 0.25) is 0 Å². The summed E-state index contributed by atoms with van der Waals surface area (Å²) in [7, 11) is 0. The summed E-state index contributed by atoms with van der Waals surface area (Å²) in [4.78, 5) is 13.3. The molecule has 2 saturated heterocycles. The van der Waals surface area contributed by atoms with Gasteiger partial charge >= 0.3 is 5.97 Å². The van der Waals surface area contributed by atoms with Crippen LogP contribution in [-0.4, -0.2) is 41.7 Å². The molecule has 4 heteroatoms. The van der Waals surface area contributed by atoms with Gasteiger partial charge < -0.3 is 10.4 Å². The van der Waals surface area contributed by atoms with E-state index in [2.05, 4.69) is 10.2 Å². The Morgan fingerprint density at radius 3 is 2.79 bits per heavy atom. The minimum absolute atomic E-state index is 0.362. The summed E-state index contributed by atoms with van der Waals surface area (Å²) in [5.74, 6) is -0.0602. The van der Waals surface area contributed by atoms with Crippen molar-refractivity contribution in [2.24, 2.45) is 5.92 Å². The van der Waals surface area contributed by atoms with Gasteiger partial charge in [0.15, 0.2) is 0 Å². The highest BCUT2D eigenvalue weighted by atomic mass is 16.4. The molecule has 0 radical (unpaired) electrons. The fraction of sp³-hybridized carbons (Fsp3) is 0.533. The monoisotopic (exact) mass is 260 g/mol. The van der Waals surface area contributed by atoms with E-state index < -0.39 is 5.97 Å². The summed E-state index contributed by atoms with van der Waals surface area (Å²) >= 11 is 0. The van der Waals surface area contributed by atoms with Crippen LogP contribution in [0.15, 0.2) is 24.3 Å². The maximum atomic E-state index is 10.8. The molecule has 2 heterocycles. The average Bonchev–Trinajstić information content (AvgIpc) is 2.81. The number of nitrogens with zero attached hydrogens (tertiary/aromatic N) is 1. The third-order valence-electron chi connectivity index (χ3n) is 4.28. The standard InChI is InChI=1S/C15H20N2O2/c18-15(19)12-5-3-11(4-6-12)8-17-9-13-2-1-7-16-14(13)10-17/h3-6,13-14,16H,1-2,7-10H2,(H,18,19). The molecule has 1 aromatic rings. The second-order valence-electron chi connectivity index (χ2n) is 5.66. The van der Waals surface area contributed by atoms with Crippen molar-refractivity contribution in [2.75, 3.05) is 19.6 Å². The molecule has 0 saturated carbocycles. The van der Waals surface area contributed by atoms with Crippen LogP contribution in [0.4, 0.5) is 0 Å². The molecule has 0 amide bonds. The Bertz CT molecular complexity index is 444. The van der Waals surface area contributed by atoms with E-state index in [9.17, 15) is 4.79 Å². The molecule has 0 aromatic heterocycles. The van der Waals surface area contributed by atoms with Crippen molar-refractivity contribution in [3.63, 3.8) is 0 Å². The van der Waals surface area contributed by atoms with Gasteiger partial charge in [-0.15, -0.1) is 0 Å². The minimum Gasteiger partial charge on any atom is -0.478 e. The summed E-state index contributed by atoms with van der Waals surface area (Å²) in [5, 5.41) is 12.5. The highest BCUT2D eigenvalue weighted by Crippen LogP contribution is 2.26. The van der Waals surface area contributed by atoms with E-state index in [-0.39, 0.29) is 0 Å². The van der Waals surface area contributed by atoms with Crippen LogP contribution in [0.2, 0.25) is 0 Å². The number of likely N-dealkylation sites (tertiary alicyclic amines) is 1. The summed E-state index contributed by atoms with van der Waals surface area (Å²) < 4.78 is 0. The van der Waals surface area contributed by atoms with Gasteiger partial charge in [-0.1, -0.05) is 12.1 Å². The van der Waals surface area contributed by atoms with Crippen molar-refractivity contribution in [2.45, 2.75) is 25.4 Å². The highest BCUT2D eigenvalue weighted by Gasteiger charge is 2.33. The van der Waals surface area contributed by atoms with Crippen molar-refractivity contribution >= 4 is 5.97 Å². The quantitative estimate of drug-likeness (QED) is 0.866. The molecule has 102 valence electrons. The molecule has 19 heavy (non-hydrogen) atoms. The lowest BCUT2D eigenvalue weighted by Crippen LogP contribution is -2.40. The largest absolute Gasteiger partial charge is 0.478 e. The number of rotatable bonds is 3. The summed E-state index contributed by atoms with van der Waals surface area (Å²) in [5.41, 5.74) is 1.56. The first-order valence-electron chi connectivity index (χ1n) is 7.00. The van der Waals surface area contributed by atoms with E-state index in [1.165, 1.54) is 24.9 Å². The number of fused-ring (bicyclic) bond motifs is 1. The molecule has 0 spiro atoms. The van der Waals surface area contributed by atoms with Gasteiger partial charge in [-0.2, -0.15) is 0 Å². The SMILES string of the molecule is O=C(O)c1ccc(CN2CC3CCCNC3C2)cc1. The zero-order chi connectivity index (χ0) is 13.2. The van der Waals surface area contributed by atoms with E-state index in [4.69, 9.17) is 5.11 Å². The van der Waals surface area contributed by atoms with E-state index in [1.807, 2.05) is 12.1 Å². The number of nitrogens with one attached hydrogen (secondary N) is 1. The molecule has 2 unspecified atom stereocenters. The molecule has 0 aliphatic carbocycles. The van der Waals surface area contributed by atoms with Crippen LogP contribution in [0.3, 0.4) is 0 Å². The summed E-state index contributed by atoms with van der Waals surface area (Å²) in [6.07, 6.45) is 2.63. The maximum Gasteiger partial charge on any atom is 0.335 e. The number of carbonyl (C=O) groups is 1. The first-order valence-corrected chi connectivity index (χ1v) is 7.00. The number of carboxylic acids is 1. The van der Waals surface area contributed by atoms with Crippen LogP contribution >= 0.6 is 0 Å². The first kappa shape index (κ1) is 12.6. The predicted octanol–water partition coefficient (Wildman–Crippen LogP) is 1.57. The molecule has 2 aliphatic heterocycles. The van der Waals surface area contributed by atoms with E-state index in [0.717, 1.165) is 25.6 Å². The van der Waals surface area contributed by atoms with Gasteiger partial charge in [-0.3, -0.25) is 4.90 Å². The van der Waals surface area contributed by atoms with Crippen LogP contribution in [0.25, 0.3) is 0 Å². The van der Waals surface area contributed by atoms with Gasteiger partial charge in [-0.25, -0.2) is 4.79 Å². The fourth-order valence-corrected chi connectivity index (χ4v) is 3.28. The molecule has 4 nitrogen and oxygen atoms in total. The Hall–Kier alpha value is -1.39. The van der Waals surface area contributed by atoms with Crippen molar-refractivity contribution in [3.05, 3.63) is 35.4 Å². The number of aromatic carboxylic acids is 1. The Balaban J connectivity index is 1.61. The summed E-state index contributed by atoms with van der Waals surface area (Å²) in [6.45, 7) is 4.36. The van der Waals surface area contributed by atoms with E-state index >= 15 is 0 Å². The minimum atomic E-state index is -0.858. The zero-order valence-electron chi connectivity index (χ0n) is 11.0. The van der Waals surface area contributed by atoms with Gasteiger partial charge in [-0.05, 0) is 43.0 Å². The van der Waals surface area contributed by atoms with E-state index in [0.29, 0.717) is 11.6 Å². The zero-order valence-corrected chi connectivity index (χ0v) is 11.0. The number of hydrogen-bond acceptors (Lipinski definition) is 3. The van der Waals surface area contributed by atoms with Crippen molar-refractivity contribution in [1.29, 1.82) is 0 Å². The van der Waals surface area contributed by atoms with Gasteiger partial charge in [0.05, 0.1) is 5.56 Å². The Kier molecular flexibility index (Phi) is 3.53. The number of piperidine rings is 1. The van der Waals surface area contributed by atoms with Crippen molar-refractivity contribution in [3.8, 4) is 0 Å². The Morgan fingerprint density at radius 1 is 1.32 bits per heavy atom. The third kappa shape index (κ3) is 2.80. The maximum absolute atomic E-state index is 10.8. The molecule has 0 bridgehead atoms. The number of benzene rings is 1. The molecular formula is C15H20N2O2. The number of carboxylic acid groups (broad SMARTS) is 1. The number of hydrogen-bond donors (Lipinski definition) is 2. The Labute approximate surface area is 113 Å². The topological polar surface area (TPSA) is 52.6 Å². The Morgan fingerprint density at radius 2 is 2.11 bits per heavy atom. The average molecular weight is 260 g/mol. The fourth-order valence-electron chi connectivity index (χ4n) is 3.28. The molecule has 1 aromatic carbocycles. The van der Waals surface area contributed by atoms with Gasteiger partial charge in [0.25, 0.3) is 0 Å². The first-order chi connectivity index (χ1) is 9.22. The summed E-state index contributed by atoms with van der Waals surface area (Å²) in [6, 6.07) is 7.91. The molecule has 2 N–H and O–H groups in total.